The molecule has 6 heteroatoms. The van der Waals surface area contributed by atoms with Crippen LogP contribution in [0.15, 0.2) is 24.5 Å². The SMILES string of the molecule is Cc1ccc2ncnc(NC(C)(C)CCS(C)(=O)=O)c2c1. The highest BCUT2D eigenvalue weighted by atomic mass is 32.2. The number of sulfone groups is 1. The Hall–Kier alpha value is -1.69. The maximum Gasteiger partial charge on any atom is 0.147 e. The quantitative estimate of drug-likeness (QED) is 0.919. The Morgan fingerprint density at radius 3 is 2.62 bits per heavy atom. The molecule has 1 heterocycles. The van der Waals surface area contributed by atoms with Gasteiger partial charge in [-0.2, -0.15) is 0 Å². The smallest absolute Gasteiger partial charge is 0.147 e. The summed E-state index contributed by atoms with van der Waals surface area (Å²) in [4.78, 5) is 8.56. The molecule has 114 valence electrons. The van der Waals surface area contributed by atoms with Gasteiger partial charge < -0.3 is 5.32 Å². The van der Waals surface area contributed by atoms with E-state index in [0.29, 0.717) is 6.42 Å². The Kier molecular flexibility index (Phi) is 4.18. The fraction of sp³-hybridized carbons (Fsp3) is 0.467. The van der Waals surface area contributed by atoms with Gasteiger partial charge in [0, 0.05) is 17.2 Å². The highest BCUT2D eigenvalue weighted by molar-refractivity contribution is 7.90. The van der Waals surface area contributed by atoms with E-state index in [1.165, 1.54) is 12.6 Å². The van der Waals surface area contributed by atoms with Crippen LogP contribution in [-0.2, 0) is 9.84 Å². The van der Waals surface area contributed by atoms with Gasteiger partial charge in [-0.05, 0) is 39.3 Å². The van der Waals surface area contributed by atoms with Gasteiger partial charge >= 0.3 is 0 Å². The zero-order valence-electron chi connectivity index (χ0n) is 12.8. The van der Waals surface area contributed by atoms with Crippen LogP contribution in [0.4, 0.5) is 5.82 Å². The first-order chi connectivity index (χ1) is 9.66. The third kappa shape index (κ3) is 4.39. The summed E-state index contributed by atoms with van der Waals surface area (Å²) in [5, 5.41) is 4.29. The van der Waals surface area contributed by atoms with Crippen LogP contribution in [0.25, 0.3) is 10.9 Å². The average molecular weight is 307 g/mol. The van der Waals surface area contributed by atoms with Gasteiger partial charge in [-0.15, -0.1) is 0 Å². The number of nitrogens with zero attached hydrogens (tertiary/aromatic N) is 2. The van der Waals surface area contributed by atoms with E-state index >= 15 is 0 Å². The van der Waals surface area contributed by atoms with Crippen LogP contribution in [-0.4, -0.2) is 35.9 Å². The monoisotopic (exact) mass is 307 g/mol. The van der Waals surface area contributed by atoms with Crippen molar-refractivity contribution in [3.05, 3.63) is 30.1 Å². The van der Waals surface area contributed by atoms with Gasteiger partial charge in [0.2, 0.25) is 0 Å². The Morgan fingerprint density at radius 2 is 1.95 bits per heavy atom. The maximum absolute atomic E-state index is 11.3. The van der Waals surface area contributed by atoms with Crippen molar-refractivity contribution in [2.45, 2.75) is 32.7 Å². The normalized spacial score (nSPS) is 12.6. The molecule has 21 heavy (non-hydrogen) atoms. The summed E-state index contributed by atoms with van der Waals surface area (Å²) in [5.74, 6) is 0.886. The number of hydrogen-bond acceptors (Lipinski definition) is 5. The van der Waals surface area contributed by atoms with E-state index in [1.807, 2.05) is 39.0 Å². The molecule has 0 unspecified atom stereocenters. The van der Waals surface area contributed by atoms with Crippen LogP contribution in [0.5, 0.6) is 0 Å². The fourth-order valence-electron chi connectivity index (χ4n) is 2.09. The summed E-state index contributed by atoms with van der Waals surface area (Å²) >= 11 is 0. The van der Waals surface area contributed by atoms with Crippen LogP contribution >= 0.6 is 0 Å². The van der Waals surface area contributed by atoms with Gasteiger partial charge in [-0.3, -0.25) is 0 Å². The number of hydrogen-bond donors (Lipinski definition) is 1. The minimum atomic E-state index is -2.97. The van der Waals surface area contributed by atoms with E-state index in [2.05, 4.69) is 15.3 Å². The van der Waals surface area contributed by atoms with Gasteiger partial charge in [0.1, 0.15) is 22.0 Å². The highest BCUT2D eigenvalue weighted by Gasteiger charge is 2.21. The van der Waals surface area contributed by atoms with E-state index < -0.39 is 9.84 Å². The van der Waals surface area contributed by atoms with Crippen LogP contribution in [0.2, 0.25) is 0 Å². The summed E-state index contributed by atoms with van der Waals surface area (Å²) in [7, 11) is -2.97. The van der Waals surface area contributed by atoms with Gasteiger partial charge in [-0.1, -0.05) is 11.6 Å². The van der Waals surface area contributed by atoms with Crippen molar-refractivity contribution >= 4 is 26.6 Å². The van der Waals surface area contributed by atoms with E-state index in [4.69, 9.17) is 0 Å². The molecule has 1 aromatic heterocycles. The molecule has 0 aliphatic heterocycles. The second-order valence-electron chi connectivity index (χ2n) is 6.13. The lowest BCUT2D eigenvalue weighted by molar-refractivity contribution is 0.534. The van der Waals surface area contributed by atoms with Crippen molar-refractivity contribution in [2.24, 2.45) is 0 Å². The number of rotatable bonds is 5. The first kappa shape index (κ1) is 15.7. The predicted octanol–water partition coefficient (Wildman–Crippen LogP) is 2.56. The summed E-state index contributed by atoms with van der Waals surface area (Å²) < 4.78 is 22.7. The second kappa shape index (κ2) is 5.60. The molecule has 2 aromatic rings. The van der Waals surface area contributed by atoms with Gasteiger partial charge in [0.05, 0.1) is 11.3 Å². The summed E-state index contributed by atoms with van der Waals surface area (Å²) in [6.07, 6.45) is 3.29. The topological polar surface area (TPSA) is 72.0 Å². The predicted molar refractivity (Wildman–Crippen MR) is 86.3 cm³/mol. The molecule has 5 nitrogen and oxygen atoms in total. The van der Waals surface area contributed by atoms with Crippen molar-refractivity contribution in [1.29, 1.82) is 0 Å². The molecule has 0 radical (unpaired) electrons. The number of aromatic nitrogens is 2. The summed E-state index contributed by atoms with van der Waals surface area (Å²) in [5.41, 5.74) is 1.64. The van der Waals surface area contributed by atoms with Gasteiger partial charge in [0.15, 0.2) is 0 Å². The van der Waals surface area contributed by atoms with Crippen LogP contribution in [0.3, 0.4) is 0 Å². The number of fused-ring (bicyclic) bond motifs is 1. The molecule has 0 aliphatic rings. The Balaban J connectivity index is 2.28. The lowest BCUT2D eigenvalue weighted by Crippen LogP contribution is -2.33. The largest absolute Gasteiger partial charge is 0.365 e. The minimum absolute atomic E-state index is 0.148. The van der Waals surface area contributed by atoms with E-state index in [-0.39, 0.29) is 11.3 Å². The number of benzene rings is 1. The third-order valence-corrected chi connectivity index (χ3v) is 4.29. The van der Waals surface area contributed by atoms with Crippen LogP contribution in [0.1, 0.15) is 25.8 Å². The molecule has 0 aliphatic carbocycles. The molecule has 0 saturated carbocycles. The zero-order valence-corrected chi connectivity index (χ0v) is 13.7. The Bertz CT molecular complexity index is 755. The van der Waals surface area contributed by atoms with Crippen molar-refractivity contribution in [2.75, 3.05) is 17.3 Å². The Labute approximate surface area is 125 Å². The molecule has 1 aromatic carbocycles. The first-order valence-corrected chi connectivity index (χ1v) is 8.90. The molecule has 2 rings (SSSR count). The lowest BCUT2D eigenvalue weighted by Gasteiger charge is -2.27. The molecule has 0 saturated heterocycles. The molecule has 0 atom stereocenters. The van der Waals surface area contributed by atoms with E-state index in [1.54, 1.807) is 0 Å². The molecule has 0 spiro atoms. The van der Waals surface area contributed by atoms with Gasteiger partial charge in [0.25, 0.3) is 0 Å². The van der Waals surface area contributed by atoms with E-state index in [0.717, 1.165) is 22.3 Å². The molecule has 0 bridgehead atoms. The second-order valence-corrected chi connectivity index (χ2v) is 8.39. The van der Waals surface area contributed by atoms with Gasteiger partial charge in [-0.25, -0.2) is 18.4 Å². The molecule has 1 N–H and O–H groups in total. The third-order valence-electron chi connectivity index (χ3n) is 3.35. The van der Waals surface area contributed by atoms with Crippen molar-refractivity contribution in [3.63, 3.8) is 0 Å². The summed E-state index contributed by atoms with van der Waals surface area (Å²) in [6.45, 7) is 5.97. The number of aryl methyl sites for hydroxylation is 1. The summed E-state index contributed by atoms with van der Waals surface area (Å²) in [6, 6.07) is 6.00. The maximum atomic E-state index is 11.3. The number of anilines is 1. The van der Waals surface area contributed by atoms with Crippen LogP contribution < -0.4 is 5.32 Å². The van der Waals surface area contributed by atoms with Crippen molar-refractivity contribution in [1.82, 2.24) is 9.97 Å². The molecule has 0 amide bonds. The van der Waals surface area contributed by atoms with Crippen LogP contribution in [0, 0.1) is 6.92 Å². The highest BCUT2D eigenvalue weighted by Crippen LogP contribution is 2.24. The molecular weight excluding hydrogens is 286 g/mol. The first-order valence-electron chi connectivity index (χ1n) is 6.84. The lowest BCUT2D eigenvalue weighted by atomic mass is 10.0. The molecule has 0 fully saturated rings. The van der Waals surface area contributed by atoms with E-state index in [9.17, 15) is 8.42 Å². The molecular formula is C15H21N3O2S. The Morgan fingerprint density at radius 1 is 1.24 bits per heavy atom. The van der Waals surface area contributed by atoms with Crippen molar-refractivity contribution in [3.8, 4) is 0 Å². The average Bonchev–Trinajstić information content (AvgIpc) is 2.36. The standard InChI is InChI=1S/C15H21N3O2S/c1-11-5-6-13-12(9-11)14(17-10-16-13)18-15(2,3)7-8-21(4,19)20/h5-6,9-10H,7-8H2,1-4H3,(H,16,17,18). The fourth-order valence-corrected chi connectivity index (χ4v) is 2.97. The van der Waals surface area contributed by atoms with Crippen molar-refractivity contribution < 1.29 is 8.42 Å². The number of nitrogens with one attached hydrogen (secondary N) is 1. The zero-order chi connectivity index (χ0) is 15.7. The minimum Gasteiger partial charge on any atom is -0.365 e.